The monoisotopic (exact) mass is 193 g/mol. The van der Waals surface area contributed by atoms with Gasteiger partial charge in [-0.2, -0.15) is 0 Å². The molecule has 0 aliphatic heterocycles. The Labute approximate surface area is 80.1 Å². The number of fused-ring (bicyclic) bond motifs is 1. The maximum Gasteiger partial charge on any atom is 0.224 e. The molecule has 1 N–H and O–H groups in total. The molecule has 2 aromatic heterocycles. The Kier molecular flexibility index (Phi) is 1.94. The van der Waals surface area contributed by atoms with Gasteiger partial charge in [0.15, 0.2) is 0 Å². The highest BCUT2D eigenvalue weighted by atomic mass is 32.1. The van der Waals surface area contributed by atoms with E-state index in [2.05, 4.69) is 22.8 Å². The van der Waals surface area contributed by atoms with E-state index in [9.17, 15) is 4.79 Å². The number of carbonyl (C=O) groups excluding carboxylic acids is 1. The first-order valence-electron chi connectivity index (χ1n) is 3.68. The summed E-state index contributed by atoms with van der Waals surface area (Å²) in [5.74, 6) is 0. The van der Waals surface area contributed by atoms with Gasteiger partial charge in [-0.25, -0.2) is 4.98 Å². The molecular formula is C8H7N3OS. The van der Waals surface area contributed by atoms with Crippen LogP contribution in [0.15, 0.2) is 24.5 Å². The lowest BCUT2D eigenvalue weighted by molar-refractivity contribution is -0.106. The fraction of sp³-hybridized carbons (Fsp3) is 0. The highest BCUT2D eigenvalue weighted by Crippen LogP contribution is 2.24. The number of hydrogen-bond acceptors (Lipinski definition) is 3. The number of aromatic amines is 1. The highest BCUT2D eigenvalue weighted by Gasteiger charge is 2.06. The molecule has 0 aliphatic carbocycles. The number of carbonyl (C=O) groups is 1. The van der Waals surface area contributed by atoms with Gasteiger partial charge >= 0.3 is 0 Å². The van der Waals surface area contributed by atoms with E-state index in [1.165, 1.54) is 4.31 Å². The Balaban J connectivity index is 2.67. The molecule has 1 amide bonds. The first-order chi connectivity index (χ1) is 6.33. The van der Waals surface area contributed by atoms with Crippen LogP contribution in [-0.2, 0) is 4.79 Å². The minimum atomic E-state index is 0.644. The topological polar surface area (TPSA) is 49.0 Å². The maximum atomic E-state index is 10.5. The third kappa shape index (κ3) is 1.27. The molecule has 0 fully saturated rings. The van der Waals surface area contributed by atoms with Gasteiger partial charge in [0.05, 0.1) is 5.69 Å². The number of aromatic nitrogens is 2. The number of amides is 1. The molecule has 0 aliphatic rings. The van der Waals surface area contributed by atoms with Crippen LogP contribution in [0.25, 0.3) is 11.0 Å². The van der Waals surface area contributed by atoms with Crippen molar-refractivity contribution in [3.63, 3.8) is 0 Å². The van der Waals surface area contributed by atoms with Crippen molar-refractivity contribution in [2.45, 2.75) is 0 Å². The molecule has 2 aromatic rings. The van der Waals surface area contributed by atoms with Crippen LogP contribution in [0.2, 0.25) is 0 Å². The van der Waals surface area contributed by atoms with E-state index in [1.54, 1.807) is 18.5 Å². The van der Waals surface area contributed by atoms with Crippen molar-refractivity contribution < 1.29 is 4.79 Å². The molecule has 0 atom stereocenters. The van der Waals surface area contributed by atoms with Gasteiger partial charge in [-0.15, -0.1) is 0 Å². The second-order valence-corrected chi connectivity index (χ2v) is 2.95. The molecule has 0 spiro atoms. The quantitative estimate of drug-likeness (QED) is 0.559. The van der Waals surface area contributed by atoms with Gasteiger partial charge < -0.3 is 4.98 Å². The summed E-state index contributed by atoms with van der Waals surface area (Å²) >= 11 is 3.99. The van der Waals surface area contributed by atoms with Gasteiger partial charge in [-0.05, 0) is 12.1 Å². The van der Waals surface area contributed by atoms with Crippen LogP contribution in [0, 0.1) is 0 Å². The summed E-state index contributed by atoms with van der Waals surface area (Å²) in [6.07, 6.45) is 4.04. The van der Waals surface area contributed by atoms with Gasteiger partial charge in [-0.3, -0.25) is 9.10 Å². The van der Waals surface area contributed by atoms with E-state index >= 15 is 0 Å². The number of pyridine rings is 1. The zero-order valence-corrected chi connectivity index (χ0v) is 7.53. The van der Waals surface area contributed by atoms with Gasteiger partial charge in [0.1, 0.15) is 5.65 Å². The van der Waals surface area contributed by atoms with E-state index in [4.69, 9.17) is 0 Å². The number of nitrogens with one attached hydrogen (secondary N) is 1. The lowest BCUT2D eigenvalue weighted by Gasteiger charge is -2.08. The van der Waals surface area contributed by atoms with Crippen LogP contribution >= 0.6 is 12.8 Å². The van der Waals surface area contributed by atoms with Crippen LogP contribution in [0.1, 0.15) is 0 Å². The normalized spacial score (nSPS) is 10.2. The summed E-state index contributed by atoms with van der Waals surface area (Å²) in [5, 5.41) is 0.879. The number of thiol groups is 1. The molecule has 0 saturated carbocycles. The molecule has 0 radical (unpaired) electrons. The Morgan fingerprint density at radius 2 is 2.38 bits per heavy atom. The van der Waals surface area contributed by atoms with E-state index in [0.29, 0.717) is 6.41 Å². The predicted molar refractivity (Wildman–Crippen MR) is 53.6 cm³/mol. The molecule has 4 nitrogen and oxygen atoms in total. The van der Waals surface area contributed by atoms with Crippen molar-refractivity contribution in [1.82, 2.24) is 9.97 Å². The molecule has 2 rings (SSSR count). The summed E-state index contributed by atoms with van der Waals surface area (Å²) in [4.78, 5) is 17.5. The lowest BCUT2D eigenvalue weighted by Crippen LogP contribution is -2.06. The Hall–Kier alpha value is -1.49. The van der Waals surface area contributed by atoms with E-state index < -0.39 is 0 Å². The number of hydrogen-bond donors (Lipinski definition) is 2. The highest BCUT2D eigenvalue weighted by molar-refractivity contribution is 7.82. The second-order valence-electron chi connectivity index (χ2n) is 2.52. The maximum absolute atomic E-state index is 10.5. The summed E-state index contributed by atoms with van der Waals surface area (Å²) in [6, 6.07) is 3.59. The largest absolute Gasteiger partial charge is 0.346 e. The lowest BCUT2D eigenvalue weighted by atomic mass is 10.3. The van der Waals surface area contributed by atoms with Crippen LogP contribution in [0.4, 0.5) is 5.69 Å². The molecule has 0 unspecified atom stereocenters. The second kappa shape index (κ2) is 3.10. The summed E-state index contributed by atoms with van der Waals surface area (Å²) in [5.41, 5.74) is 1.47. The van der Waals surface area contributed by atoms with Crippen LogP contribution in [0.3, 0.4) is 0 Å². The van der Waals surface area contributed by atoms with Crippen LogP contribution in [-0.4, -0.2) is 16.4 Å². The Morgan fingerprint density at radius 3 is 3.15 bits per heavy atom. The summed E-state index contributed by atoms with van der Waals surface area (Å²) < 4.78 is 1.22. The molecule has 66 valence electrons. The van der Waals surface area contributed by atoms with Gasteiger partial charge in [-0.1, -0.05) is 12.8 Å². The number of H-pyrrole nitrogens is 1. The van der Waals surface area contributed by atoms with Gasteiger partial charge in [0.2, 0.25) is 6.41 Å². The third-order valence-corrected chi connectivity index (χ3v) is 2.09. The molecule has 0 bridgehead atoms. The number of nitrogens with zero attached hydrogens (tertiary/aromatic N) is 2. The van der Waals surface area contributed by atoms with Crippen LogP contribution in [0.5, 0.6) is 0 Å². The van der Waals surface area contributed by atoms with Gasteiger partial charge in [0.25, 0.3) is 0 Å². The standard InChI is InChI=1S/C8H7N3OS/c12-5-11(13)7-2-4-10-8-6(7)1-3-9-8/h1-5,13H,(H,9,10). The fourth-order valence-electron chi connectivity index (χ4n) is 1.20. The van der Waals surface area contributed by atoms with Crippen molar-refractivity contribution in [2.24, 2.45) is 0 Å². The third-order valence-electron chi connectivity index (χ3n) is 1.78. The smallest absolute Gasteiger partial charge is 0.224 e. The summed E-state index contributed by atoms with van der Waals surface area (Å²) in [6.45, 7) is 0. The minimum absolute atomic E-state index is 0.644. The Bertz CT molecular complexity index is 440. The molecule has 5 heteroatoms. The van der Waals surface area contributed by atoms with Gasteiger partial charge in [0, 0.05) is 17.8 Å². The number of rotatable bonds is 2. The molecule has 2 heterocycles. The van der Waals surface area contributed by atoms with Crippen molar-refractivity contribution >= 4 is 35.9 Å². The number of anilines is 1. The van der Waals surface area contributed by atoms with Crippen molar-refractivity contribution in [3.05, 3.63) is 24.5 Å². The summed E-state index contributed by atoms with van der Waals surface area (Å²) in [7, 11) is 0. The average molecular weight is 193 g/mol. The zero-order chi connectivity index (χ0) is 9.26. The van der Waals surface area contributed by atoms with Crippen molar-refractivity contribution in [3.8, 4) is 0 Å². The van der Waals surface area contributed by atoms with Crippen molar-refractivity contribution in [2.75, 3.05) is 4.31 Å². The van der Waals surface area contributed by atoms with E-state index in [-0.39, 0.29) is 0 Å². The van der Waals surface area contributed by atoms with Crippen LogP contribution < -0.4 is 4.31 Å². The van der Waals surface area contributed by atoms with E-state index in [1.807, 2.05) is 6.07 Å². The molecular weight excluding hydrogens is 186 g/mol. The average Bonchev–Trinajstić information content (AvgIpc) is 2.63. The zero-order valence-electron chi connectivity index (χ0n) is 6.64. The SMILES string of the molecule is O=CN(S)c1ccnc2[nH]ccc12. The molecule has 0 aromatic carbocycles. The molecule has 13 heavy (non-hydrogen) atoms. The van der Waals surface area contributed by atoms with E-state index in [0.717, 1.165) is 16.7 Å². The Morgan fingerprint density at radius 1 is 1.54 bits per heavy atom. The predicted octanol–water partition coefficient (Wildman–Crippen LogP) is 1.37. The fourth-order valence-corrected chi connectivity index (χ4v) is 1.38. The molecule has 0 saturated heterocycles. The van der Waals surface area contributed by atoms with Crippen molar-refractivity contribution in [1.29, 1.82) is 0 Å². The first kappa shape index (κ1) is 8.12. The first-order valence-corrected chi connectivity index (χ1v) is 4.08. The minimum Gasteiger partial charge on any atom is -0.346 e.